The molecule has 5 heteroatoms. The van der Waals surface area contributed by atoms with E-state index in [9.17, 15) is 4.79 Å². The zero-order valence-electron chi connectivity index (χ0n) is 11.0. The summed E-state index contributed by atoms with van der Waals surface area (Å²) >= 11 is 7.60. The van der Waals surface area contributed by atoms with E-state index in [1.54, 1.807) is 48.1 Å². The molecule has 0 aliphatic heterocycles. The number of hydrogen-bond acceptors (Lipinski definition) is 3. The van der Waals surface area contributed by atoms with E-state index in [0.29, 0.717) is 17.1 Å². The Kier molecular flexibility index (Phi) is 4.08. The highest BCUT2D eigenvalue weighted by Gasteiger charge is 2.10. The van der Waals surface area contributed by atoms with E-state index < -0.39 is 0 Å². The van der Waals surface area contributed by atoms with Crippen LogP contribution in [0.2, 0.25) is 5.02 Å². The molecule has 106 valence electrons. The Balaban J connectivity index is 1.66. The fraction of sp³-hybridized carbons (Fsp3) is 0.0625. The molecule has 0 atom stereocenters. The van der Waals surface area contributed by atoms with Crippen molar-refractivity contribution in [2.24, 2.45) is 0 Å². The highest BCUT2D eigenvalue weighted by molar-refractivity contribution is 7.10. The predicted molar refractivity (Wildman–Crippen MR) is 84.6 cm³/mol. The summed E-state index contributed by atoms with van der Waals surface area (Å²) in [6, 6.07) is 11.0. The van der Waals surface area contributed by atoms with E-state index in [1.165, 1.54) is 0 Å². The van der Waals surface area contributed by atoms with Gasteiger partial charge in [-0.2, -0.15) is 0 Å². The van der Waals surface area contributed by atoms with E-state index in [2.05, 4.69) is 5.32 Å². The lowest BCUT2D eigenvalue weighted by Gasteiger charge is -2.05. The molecule has 0 unspecified atom stereocenters. The number of furan rings is 1. The van der Waals surface area contributed by atoms with Crippen molar-refractivity contribution in [3.05, 3.63) is 69.8 Å². The lowest BCUT2D eigenvalue weighted by molar-refractivity contribution is 0.0951. The standard InChI is InChI=1S/C16H12ClNO2S/c17-15-4-2-1-3-14(15)16(19)18-8-13-7-12(10-21-13)11-5-6-20-9-11/h1-7,9-10H,8H2,(H,18,19). The first-order valence-corrected chi connectivity index (χ1v) is 7.62. The predicted octanol–water partition coefficient (Wildman–Crippen LogP) is 4.59. The maximum absolute atomic E-state index is 12.1. The number of halogens is 1. The molecule has 0 saturated heterocycles. The number of amides is 1. The third-order valence-corrected chi connectivity index (χ3v) is 4.32. The summed E-state index contributed by atoms with van der Waals surface area (Å²) in [5.41, 5.74) is 2.62. The third kappa shape index (κ3) is 3.17. The second-order valence-electron chi connectivity index (χ2n) is 4.48. The molecule has 2 heterocycles. The number of rotatable bonds is 4. The van der Waals surface area contributed by atoms with Crippen LogP contribution in [0.4, 0.5) is 0 Å². The molecule has 1 N–H and O–H groups in total. The minimum atomic E-state index is -0.168. The van der Waals surface area contributed by atoms with Crippen LogP contribution >= 0.6 is 22.9 Å². The summed E-state index contributed by atoms with van der Waals surface area (Å²) in [5, 5.41) is 5.38. The Morgan fingerprint density at radius 3 is 2.86 bits per heavy atom. The minimum Gasteiger partial charge on any atom is -0.472 e. The molecule has 0 saturated carbocycles. The van der Waals surface area contributed by atoms with Crippen LogP contribution in [-0.4, -0.2) is 5.91 Å². The zero-order chi connectivity index (χ0) is 14.7. The molecule has 0 aliphatic rings. The van der Waals surface area contributed by atoms with Gasteiger partial charge in [0.2, 0.25) is 0 Å². The molecular weight excluding hydrogens is 306 g/mol. The monoisotopic (exact) mass is 317 g/mol. The van der Waals surface area contributed by atoms with Gasteiger partial charge in [-0.05, 0) is 35.2 Å². The molecule has 2 aromatic heterocycles. The van der Waals surface area contributed by atoms with Gasteiger partial charge in [0.05, 0.1) is 29.7 Å². The Morgan fingerprint density at radius 1 is 1.24 bits per heavy atom. The molecule has 3 rings (SSSR count). The molecule has 21 heavy (non-hydrogen) atoms. The molecule has 0 bridgehead atoms. The lowest BCUT2D eigenvalue weighted by atomic mass is 10.2. The van der Waals surface area contributed by atoms with Gasteiger partial charge in [-0.3, -0.25) is 4.79 Å². The average Bonchev–Trinajstić information content (AvgIpc) is 3.16. The summed E-state index contributed by atoms with van der Waals surface area (Å²) in [6.07, 6.45) is 3.35. The highest BCUT2D eigenvalue weighted by Crippen LogP contribution is 2.26. The van der Waals surface area contributed by atoms with E-state index in [-0.39, 0.29) is 5.91 Å². The molecule has 0 aliphatic carbocycles. The van der Waals surface area contributed by atoms with Crippen LogP contribution in [0.1, 0.15) is 15.2 Å². The quantitative estimate of drug-likeness (QED) is 0.764. The second-order valence-corrected chi connectivity index (χ2v) is 5.88. The SMILES string of the molecule is O=C(NCc1cc(-c2ccoc2)cs1)c1ccccc1Cl. The lowest BCUT2D eigenvalue weighted by Crippen LogP contribution is -2.22. The van der Waals surface area contributed by atoms with Crippen molar-refractivity contribution in [1.29, 1.82) is 0 Å². The first kappa shape index (κ1) is 13.9. The van der Waals surface area contributed by atoms with Gasteiger partial charge < -0.3 is 9.73 Å². The van der Waals surface area contributed by atoms with E-state index >= 15 is 0 Å². The maximum Gasteiger partial charge on any atom is 0.253 e. The van der Waals surface area contributed by atoms with Gasteiger partial charge in [-0.15, -0.1) is 11.3 Å². The summed E-state index contributed by atoms with van der Waals surface area (Å²) in [6.45, 7) is 0.479. The maximum atomic E-state index is 12.1. The molecule has 3 nitrogen and oxygen atoms in total. The Bertz CT molecular complexity index is 749. The average molecular weight is 318 g/mol. The molecule has 0 spiro atoms. The number of thiophene rings is 1. The first-order chi connectivity index (χ1) is 10.2. The van der Waals surface area contributed by atoms with Crippen molar-refractivity contribution in [2.45, 2.75) is 6.54 Å². The van der Waals surface area contributed by atoms with Gasteiger partial charge in [0.15, 0.2) is 0 Å². The van der Waals surface area contributed by atoms with Crippen molar-refractivity contribution in [2.75, 3.05) is 0 Å². The van der Waals surface area contributed by atoms with Gasteiger partial charge in [0.25, 0.3) is 5.91 Å². The third-order valence-electron chi connectivity index (χ3n) is 3.05. The van der Waals surface area contributed by atoms with E-state index in [4.69, 9.17) is 16.0 Å². The van der Waals surface area contributed by atoms with Gasteiger partial charge in [0.1, 0.15) is 0 Å². The minimum absolute atomic E-state index is 0.168. The van der Waals surface area contributed by atoms with Crippen molar-refractivity contribution in [3.8, 4) is 11.1 Å². The van der Waals surface area contributed by atoms with Gasteiger partial charge >= 0.3 is 0 Å². The zero-order valence-corrected chi connectivity index (χ0v) is 12.6. The molecule has 3 aromatic rings. The van der Waals surface area contributed by atoms with Crippen LogP contribution in [0.5, 0.6) is 0 Å². The van der Waals surface area contributed by atoms with E-state index in [0.717, 1.165) is 16.0 Å². The summed E-state index contributed by atoms with van der Waals surface area (Å²) in [4.78, 5) is 13.1. The molecule has 0 fully saturated rings. The number of carbonyl (C=O) groups excluding carboxylic acids is 1. The Morgan fingerprint density at radius 2 is 2.10 bits per heavy atom. The van der Waals surface area contributed by atoms with Crippen molar-refractivity contribution in [1.82, 2.24) is 5.32 Å². The number of hydrogen-bond donors (Lipinski definition) is 1. The fourth-order valence-electron chi connectivity index (χ4n) is 1.96. The van der Waals surface area contributed by atoms with Crippen LogP contribution in [-0.2, 0) is 6.54 Å². The molecule has 1 aromatic carbocycles. The van der Waals surface area contributed by atoms with Crippen molar-refractivity contribution >= 4 is 28.8 Å². The van der Waals surface area contributed by atoms with Crippen LogP contribution in [0.25, 0.3) is 11.1 Å². The normalized spacial score (nSPS) is 10.5. The first-order valence-electron chi connectivity index (χ1n) is 6.37. The van der Waals surface area contributed by atoms with Gasteiger partial charge in [0, 0.05) is 10.4 Å². The summed E-state index contributed by atoms with van der Waals surface area (Å²) < 4.78 is 5.07. The van der Waals surface area contributed by atoms with Crippen LogP contribution in [0, 0.1) is 0 Å². The molecule has 0 radical (unpaired) electrons. The second kappa shape index (κ2) is 6.16. The number of benzene rings is 1. The highest BCUT2D eigenvalue weighted by atomic mass is 35.5. The van der Waals surface area contributed by atoms with Crippen LogP contribution in [0.3, 0.4) is 0 Å². The Labute approximate surface area is 131 Å². The van der Waals surface area contributed by atoms with Crippen molar-refractivity contribution < 1.29 is 9.21 Å². The van der Waals surface area contributed by atoms with E-state index in [1.807, 2.05) is 17.5 Å². The van der Waals surface area contributed by atoms with Crippen molar-refractivity contribution in [3.63, 3.8) is 0 Å². The molecular formula is C16H12ClNO2S. The van der Waals surface area contributed by atoms with Crippen LogP contribution in [0.15, 0.2) is 58.7 Å². The Hall–Kier alpha value is -2.04. The summed E-state index contributed by atoms with van der Waals surface area (Å²) in [7, 11) is 0. The summed E-state index contributed by atoms with van der Waals surface area (Å²) in [5.74, 6) is -0.168. The van der Waals surface area contributed by atoms with Gasteiger partial charge in [-0.25, -0.2) is 0 Å². The smallest absolute Gasteiger partial charge is 0.253 e. The largest absolute Gasteiger partial charge is 0.472 e. The number of nitrogens with one attached hydrogen (secondary N) is 1. The topological polar surface area (TPSA) is 42.2 Å². The molecule has 1 amide bonds. The number of carbonyl (C=O) groups is 1. The van der Waals surface area contributed by atoms with Crippen LogP contribution < -0.4 is 5.32 Å². The fourth-order valence-corrected chi connectivity index (χ4v) is 3.02. The van der Waals surface area contributed by atoms with Gasteiger partial charge in [-0.1, -0.05) is 23.7 Å².